The van der Waals surface area contributed by atoms with Crippen molar-refractivity contribution in [3.63, 3.8) is 0 Å². The second-order valence-electron chi connectivity index (χ2n) is 4.00. The highest BCUT2D eigenvalue weighted by molar-refractivity contribution is 7.13. The van der Waals surface area contributed by atoms with Crippen molar-refractivity contribution >= 4 is 17.2 Å². The van der Waals surface area contributed by atoms with Crippen molar-refractivity contribution in [2.24, 2.45) is 0 Å². The molecule has 0 spiro atoms. The Bertz CT molecular complexity index is 737. The molecule has 0 radical (unpaired) electrons. The molecule has 92 valence electrons. The van der Waals surface area contributed by atoms with Crippen LogP contribution in [-0.4, -0.2) is 0 Å². The molecule has 3 rings (SSSR count). The van der Waals surface area contributed by atoms with Gasteiger partial charge >= 0.3 is 0 Å². The number of hydrogen-bond acceptors (Lipinski definition) is 4. The average molecular weight is 266 g/mol. The highest BCUT2D eigenvalue weighted by Gasteiger charge is 2.21. The average Bonchev–Trinajstić information content (AvgIpc) is 3.06. The number of rotatable bonds is 2. The van der Waals surface area contributed by atoms with Crippen LogP contribution in [0.4, 0.5) is 5.88 Å². The Morgan fingerprint density at radius 2 is 1.89 bits per heavy atom. The van der Waals surface area contributed by atoms with Crippen molar-refractivity contribution in [1.82, 2.24) is 0 Å². The monoisotopic (exact) mass is 266 g/mol. The Hall–Kier alpha value is -2.51. The molecule has 2 heterocycles. The SMILES string of the molecule is N#Cc1c(-c2ccccc2)oc(N)c1-c1cccs1. The summed E-state index contributed by atoms with van der Waals surface area (Å²) in [6.07, 6.45) is 0. The molecule has 0 atom stereocenters. The van der Waals surface area contributed by atoms with Gasteiger partial charge in [0.15, 0.2) is 5.76 Å². The van der Waals surface area contributed by atoms with E-state index in [1.165, 1.54) is 11.3 Å². The van der Waals surface area contributed by atoms with Crippen LogP contribution in [0, 0.1) is 11.3 Å². The summed E-state index contributed by atoms with van der Waals surface area (Å²) in [5.74, 6) is 0.821. The van der Waals surface area contributed by atoms with Crippen LogP contribution < -0.4 is 5.73 Å². The van der Waals surface area contributed by atoms with E-state index in [1.54, 1.807) is 0 Å². The number of hydrogen-bond donors (Lipinski definition) is 1. The summed E-state index contributed by atoms with van der Waals surface area (Å²) >= 11 is 1.54. The van der Waals surface area contributed by atoms with E-state index in [-0.39, 0.29) is 5.88 Å². The number of thiophene rings is 1. The fourth-order valence-corrected chi connectivity index (χ4v) is 2.80. The lowest BCUT2D eigenvalue weighted by atomic mass is 10.1. The molecule has 0 saturated carbocycles. The van der Waals surface area contributed by atoms with Gasteiger partial charge in [0.1, 0.15) is 11.6 Å². The fraction of sp³-hybridized carbons (Fsp3) is 0. The molecular weight excluding hydrogens is 256 g/mol. The zero-order valence-electron chi connectivity index (χ0n) is 9.96. The Kier molecular flexibility index (Phi) is 2.82. The first-order valence-electron chi connectivity index (χ1n) is 5.73. The topological polar surface area (TPSA) is 63.0 Å². The second kappa shape index (κ2) is 4.63. The van der Waals surface area contributed by atoms with Crippen LogP contribution in [0.25, 0.3) is 21.8 Å². The van der Waals surface area contributed by atoms with Crippen molar-refractivity contribution in [3.8, 4) is 27.8 Å². The van der Waals surface area contributed by atoms with E-state index in [2.05, 4.69) is 6.07 Å². The molecule has 0 bridgehead atoms. The molecule has 0 aliphatic rings. The van der Waals surface area contributed by atoms with Crippen molar-refractivity contribution in [2.45, 2.75) is 0 Å². The smallest absolute Gasteiger partial charge is 0.201 e. The maximum Gasteiger partial charge on any atom is 0.201 e. The molecule has 2 aromatic heterocycles. The third kappa shape index (κ3) is 1.90. The standard InChI is InChI=1S/C15H10N2OS/c16-9-11-13(12-7-4-8-19-12)15(17)18-14(11)10-5-2-1-3-6-10/h1-8H,17H2. The predicted molar refractivity (Wildman–Crippen MR) is 76.6 cm³/mol. The molecule has 0 saturated heterocycles. The van der Waals surface area contributed by atoms with Crippen molar-refractivity contribution < 1.29 is 4.42 Å². The van der Waals surface area contributed by atoms with Gasteiger partial charge in [0.25, 0.3) is 0 Å². The molecule has 0 aliphatic heterocycles. The van der Waals surface area contributed by atoms with Crippen LogP contribution in [0.1, 0.15) is 5.56 Å². The fourth-order valence-electron chi connectivity index (χ4n) is 2.01. The maximum absolute atomic E-state index is 9.41. The molecule has 2 N–H and O–H groups in total. The number of benzene rings is 1. The maximum atomic E-state index is 9.41. The molecule has 0 unspecified atom stereocenters. The zero-order valence-corrected chi connectivity index (χ0v) is 10.8. The third-order valence-corrected chi connectivity index (χ3v) is 3.74. The highest BCUT2D eigenvalue weighted by Crippen LogP contribution is 2.40. The van der Waals surface area contributed by atoms with Gasteiger partial charge in [-0.2, -0.15) is 5.26 Å². The van der Waals surface area contributed by atoms with Gasteiger partial charge in [-0.15, -0.1) is 11.3 Å². The minimum atomic E-state index is 0.290. The first kappa shape index (κ1) is 11.6. The lowest BCUT2D eigenvalue weighted by molar-refractivity contribution is 0.603. The van der Waals surface area contributed by atoms with E-state index >= 15 is 0 Å². The Morgan fingerprint density at radius 3 is 2.53 bits per heavy atom. The third-order valence-electron chi connectivity index (χ3n) is 2.85. The molecular formula is C15H10N2OS. The summed E-state index contributed by atoms with van der Waals surface area (Å²) in [4.78, 5) is 0.944. The number of furan rings is 1. The Balaban J connectivity index is 2.25. The van der Waals surface area contributed by atoms with Gasteiger partial charge in [-0.05, 0) is 11.4 Å². The molecule has 0 aliphatic carbocycles. The quantitative estimate of drug-likeness (QED) is 0.758. The van der Waals surface area contributed by atoms with E-state index in [4.69, 9.17) is 10.2 Å². The van der Waals surface area contributed by atoms with E-state index in [9.17, 15) is 5.26 Å². The van der Waals surface area contributed by atoms with Crippen LogP contribution in [0.2, 0.25) is 0 Å². The second-order valence-corrected chi connectivity index (χ2v) is 4.95. The van der Waals surface area contributed by atoms with Crippen LogP contribution in [0.5, 0.6) is 0 Å². The minimum absolute atomic E-state index is 0.290. The zero-order chi connectivity index (χ0) is 13.2. The Morgan fingerprint density at radius 1 is 1.11 bits per heavy atom. The molecule has 0 fully saturated rings. The van der Waals surface area contributed by atoms with E-state index < -0.39 is 0 Å². The van der Waals surface area contributed by atoms with Crippen molar-refractivity contribution in [2.75, 3.05) is 5.73 Å². The molecule has 4 heteroatoms. The summed E-state index contributed by atoms with van der Waals surface area (Å²) < 4.78 is 5.61. The molecule has 1 aromatic carbocycles. The summed E-state index contributed by atoms with van der Waals surface area (Å²) in [7, 11) is 0. The van der Waals surface area contributed by atoms with Gasteiger partial charge in [-0.3, -0.25) is 0 Å². The largest absolute Gasteiger partial charge is 0.439 e. The minimum Gasteiger partial charge on any atom is -0.439 e. The molecule has 3 nitrogen and oxygen atoms in total. The van der Waals surface area contributed by atoms with Crippen LogP contribution in [0.3, 0.4) is 0 Å². The summed E-state index contributed by atoms with van der Waals surface area (Å²) in [5.41, 5.74) is 7.97. The van der Waals surface area contributed by atoms with Gasteiger partial charge in [0.2, 0.25) is 5.88 Å². The van der Waals surface area contributed by atoms with Crippen LogP contribution in [0.15, 0.2) is 52.3 Å². The highest BCUT2D eigenvalue weighted by atomic mass is 32.1. The van der Waals surface area contributed by atoms with Gasteiger partial charge in [-0.1, -0.05) is 36.4 Å². The first-order valence-corrected chi connectivity index (χ1v) is 6.61. The predicted octanol–water partition coefficient (Wildman–Crippen LogP) is 4.13. The van der Waals surface area contributed by atoms with E-state index in [0.29, 0.717) is 16.9 Å². The van der Waals surface area contributed by atoms with E-state index in [0.717, 1.165) is 10.4 Å². The van der Waals surface area contributed by atoms with Crippen LogP contribution in [-0.2, 0) is 0 Å². The molecule has 0 amide bonds. The lowest BCUT2D eigenvalue weighted by Gasteiger charge is -1.96. The summed E-state index contributed by atoms with van der Waals surface area (Å²) in [6.45, 7) is 0. The molecule has 3 aromatic rings. The van der Waals surface area contributed by atoms with Gasteiger partial charge in [0, 0.05) is 10.4 Å². The number of nitriles is 1. The van der Waals surface area contributed by atoms with Crippen molar-refractivity contribution in [3.05, 3.63) is 53.4 Å². The van der Waals surface area contributed by atoms with Gasteiger partial charge in [-0.25, -0.2) is 0 Å². The summed E-state index contributed by atoms with van der Waals surface area (Å²) in [6, 6.07) is 15.6. The lowest BCUT2D eigenvalue weighted by Crippen LogP contribution is -1.84. The molecule has 19 heavy (non-hydrogen) atoms. The Labute approximate surface area is 114 Å². The summed E-state index contributed by atoms with van der Waals surface area (Å²) in [5, 5.41) is 11.4. The number of nitrogens with two attached hydrogens (primary N) is 1. The van der Waals surface area contributed by atoms with E-state index in [1.807, 2.05) is 47.8 Å². The van der Waals surface area contributed by atoms with Gasteiger partial charge in [0.05, 0.1) is 5.56 Å². The number of nitrogen functional groups attached to an aromatic ring is 1. The number of anilines is 1. The van der Waals surface area contributed by atoms with Crippen LogP contribution >= 0.6 is 11.3 Å². The van der Waals surface area contributed by atoms with Gasteiger partial charge < -0.3 is 10.2 Å². The first-order chi connectivity index (χ1) is 9.31. The normalized spacial score (nSPS) is 10.3. The number of nitrogens with zero attached hydrogens (tertiary/aromatic N) is 1. The van der Waals surface area contributed by atoms with Crippen molar-refractivity contribution in [1.29, 1.82) is 5.26 Å².